The molecule has 2 aromatic rings. The molecule has 0 saturated carbocycles. The molecule has 0 unspecified atom stereocenters. The highest BCUT2D eigenvalue weighted by atomic mass is 16.4. The highest BCUT2D eigenvalue weighted by molar-refractivity contribution is 5.83. The summed E-state index contributed by atoms with van der Waals surface area (Å²) in [6.45, 7) is 0.267. The molecule has 0 spiro atoms. The van der Waals surface area contributed by atoms with Crippen LogP contribution in [0, 0.1) is 0 Å². The number of carbonyl (C=O) groups excluding carboxylic acids is 1. The van der Waals surface area contributed by atoms with E-state index in [4.69, 9.17) is 4.42 Å². The number of nitrogens with one attached hydrogen (secondary N) is 2. The van der Waals surface area contributed by atoms with Crippen LogP contribution >= 0.6 is 0 Å². The van der Waals surface area contributed by atoms with E-state index < -0.39 is 18.0 Å². The molecule has 20 heavy (non-hydrogen) atoms. The predicted octanol–water partition coefficient (Wildman–Crippen LogP) is 1.90. The number of urea groups is 1. The smallest absolute Gasteiger partial charge is 0.330 e. The van der Waals surface area contributed by atoms with E-state index in [1.54, 1.807) is 36.4 Å². The minimum absolute atomic E-state index is 0.267. The van der Waals surface area contributed by atoms with Gasteiger partial charge in [0.1, 0.15) is 0 Å². The Morgan fingerprint density at radius 1 is 1.20 bits per heavy atom. The van der Waals surface area contributed by atoms with Gasteiger partial charge >= 0.3 is 12.0 Å². The standard InChI is InChI=1S/C14H14N2O4/c17-13(18)12(11-4-2-1-3-5-11)16-14(19)15-8-10-6-7-20-9-10/h1-7,9,12H,8H2,(H,17,18)(H2,15,16,19)/t12-/m0/s1. The fourth-order valence-corrected chi connectivity index (χ4v) is 1.69. The first-order valence-electron chi connectivity index (χ1n) is 6.00. The van der Waals surface area contributed by atoms with Gasteiger partial charge in [0.15, 0.2) is 6.04 Å². The van der Waals surface area contributed by atoms with E-state index in [1.165, 1.54) is 12.5 Å². The van der Waals surface area contributed by atoms with Gasteiger partial charge in [-0.1, -0.05) is 30.3 Å². The maximum absolute atomic E-state index is 11.7. The summed E-state index contributed by atoms with van der Waals surface area (Å²) in [5.74, 6) is -1.12. The van der Waals surface area contributed by atoms with Gasteiger partial charge in [-0.25, -0.2) is 9.59 Å². The minimum Gasteiger partial charge on any atom is -0.479 e. The molecule has 0 fully saturated rings. The van der Waals surface area contributed by atoms with Crippen LogP contribution in [0.2, 0.25) is 0 Å². The summed E-state index contributed by atoms with van der Waals surface area (Å²) in [6, 6.07) is 8.59. The molecule has 0 bridgehead atoms. The predicted molar refractivity (Wildman–Crippen MR) is 70.9 cm³/mol. The van der Waals surface area contributed by atoms with Crippen molar-refractivity contribution in [3.63, 3.8) is 0 Å². The monoisotopic (exact) mass is 274 g/mol. The average molecular weight is 274 g/mol. The van der Waals surface area contributed by atoms with Crippen molar-refractivity contribution < 1.29 is 19.1 Å². The second-order valence-electron chi connectivity index (χ2n) is 4.14. The molecule has 0 aliphatic heterocycles. The van der Waals surface area contributed by atoms with Gasteiger partial charge in [0, 0.05) is 12.1 Å². The molecule has 3 N–H and O–H groups in total. The van der Waals surface area contributed by atoms with Gasteiger partial charge in [-0.05, 0) is 11.6 Å². The summed E-state index contributed by atoms with van der Waals surface area (Å²) in [5, 5.41) is 14.2. The molecule has 104 valence electrons. The van der Waals surface area contributed by atoms with E-state index in [9.17, 15) is 14.7 Å². The minimum atomic E-state index is -1.12. The zero-order chi connectivity index (χ0) is 14.4. The van der Waals surface area contributed by atoms with Gasteiger partial charge in [0.25, 0.3) is 0 Å². The molecule has 0 aliphatic rings. The molecule has 1 atom stereocenters. The number of hydrogen-bond donors (Lipinski definition) is 3. The Morgan fingerprint density at radius 3 is 2.55 bits per heavy atom. The van der Waals surface area contributed by atoms with Crippen molar-refractivity contribution in [3.8, 4) is 0 Å². The number of carboxylic acids is 1. The van der Waals surface area contributed by atoms with Crippen LogP contribution in [0.3, 0.4) is 0 Å². The number of benzene rings is 1. The zero-order valence-corrected chi connectivity index (χ0v) is 10.6. The van der Waals surface area contributed by atoms with Crippen molar-refractivity contribution in [3.05, 3.63) is 60.1 Å². The second kappa shape index (κ2) is 6.42. The largest absolute Gasteiger partial charge is 0.479 e. The Morgan fingerprint density at radius 2 is 1.95 bits per heavy atom. The number of furan rings is 1. The molecule has 1 aromatic heterocycles. The number of hydrogen-bond acceptors (Lipinski definition) is 3. The lowest BCUT2D eigenvalue weighted by Crippen LogP contribution is -2.40. The maximum Gasteiger partial charge on any atom is 0.330 e. The van der Waals surface area contributed by atoms with E-state index in [0.717, 1.165) is 5.56 Å². The highest BCUT2D eigenvalue weighted by Gasteiger charge is 2.21. The van der Waals surface area contributed by atoms with Crippen LogP contribution in [0.4, 0.5) is 4.79 Å². The third-order valence-electron chi connectivity index (χ3n) is 2.69. The maximum atomic E-state index is 11.7. The van der Waals surface area contributed by atoms with E-state index in [0.29, 0.717) is 5.56 Å². The molecule has 2 amide bonds. The summed E-state index contributed by atoms with van der Waals surface area (Å²) in [5.41, 5.74) is 1.31. The third-order valence-corrected chi connectivity index (χ3v) is 2.69. The SMILES string of the molecule is O=C(NCc1ccoc1)N[C@H](C(=O)O)c1ccccc1. The zero-order valence-electron chi connectivity index (χ0n) is 10.6. The molecule has 0 saturated heterocycles. The van der Waals surface area contributed by atoms with Gasteiger partial charge < -0.3 is 20.2 Å². The van der Waals surface area contributed by atoms with Crippen molar-refractivity contribution in [1.82, 2.24) is 10.6 Å². The van der Waals surface area contributed by atoms with E-state index in [1.807, 2.05) is 0 Å². The lowest BCUT2D eigenvalue weighted by atomic mass is 10.1. The Balaban J connectivity index is 1.95. The Labute approximate surface area is 115 Å². The molecular weight excluding hydrogens is 260 g/mol. The number of amides is 2. The van der Waals surface area contributed by atoms with Gasteiger partial charge in [-0.2, -0.15) is 0 Å². The number of rotatable bonds is 5. The van der Waals surface area contributed by atoms with Crippen LogP contribution in [-0.4, -0.2) is 17.1 Å². The first-order valence-corrected chi connectivity index (χ1v) is 6.00. The molecule has 6 nitrogen and oxygen atoms in total. The first-order chi connectivity index (χ1) is 9.66. The van der Waals surface area contributed by atoms with Crippen LogP contribution in [0.1, 0.15) is 17.2 Å². The average Bonchev–Trinajstić information content (AvgIpc) is 2.96. The molecule has 1 aromatic carbocycles. The molecule has 6 heteroatoms. The van der Waals surface area contributed by atoms with Crippen molar-refractivity contribution in [2.45, 2.75) is 12.6 Å². The Bertz CT molecular complexity index is 566. The van der Waals surface area contributed by atoms with Crippen LogP contribution in [-0.2, 0) is 11.3 Å². The quantitative estimate of drug-likeness (QED) is 0.776. The van der Waals surface area contributed by atoms with Gasteiger partial charge in [0.2, 0.25) is 0 Å². The van der Waals surface area contributed by atoms with Crippen LogP contribution in [0.15, 0.2) is 53.3 Å². The second-order valence-corrected chi connectivity index (χ2v) is 4.14. The first kappa shape index (κ1) is 13.7. The van der Waals surface area contributed by atoms with E-state index >= 15 is 0 Å². The summed E-state index contributed by atoms with van der Waals surface area (Å²) < 4.78 is 4.87. The van der Waals surface area contributed by atoms with Gasteiger partial charge in [-0.3, -0.25) is 0 Å². The normalized spacial score (nSPS) is 11.6. The van der Waals surface area contributed by atoms with Gasteiger partial charge in [0.05, 0.1) is 12.5 Å². The van der Waals surface area contributed by atoms with Crippen molar-refractivity contribution in [1.29, 1.82) is 0 Å². The van der Waals surface area contributed by atoms with Crippen LogP contribution in [0.25, 0.3) is 0 Å². The van der Waals surface area contributed by atoms with Crippen molar-refractivity contribution in [2.75, 3.05) is 0 Å². The fraction of sp³-hybridized carbons (Fsp3) is 0.143. The number of carboxylic acid groups (broad SMARTS) is 1. The Kier molecular flexibility index (Phi) is 4.39. The fourth-order valence-electron chi connectivity index (χ4n) is 1.69. The summed E-state index contributed by atoms with van der Waals surface area (Å²) in [6.07, 6.45) is 3.01. The molecular formula is C14H14N2O4. The van der Waals surface area contributed by atoms with E-state index in [-0.39, 0.29) is 6.54 Å². The van der Waals surface area contributed by atoms with Crippen molar-refractivity contribution >= 4 is 12.0 Å². The summed E-state index contributed by atoms with van der Waals surface area (Å²) in [7, 11) is 0. The molecule has 0 radical (unpaired) electrons. The lowest BCUT2D eigenvalue weighted by molar-refractivity contribution is -0.139. The number of aliphatic carboxylic acids is 1. The number of carbonyl (C=O) groups is 2. The molecule has 0 aliphatic carbocycles. The summed E-state index contributed by atoms with van der Waals surface area (Å²) >= 11 is 0. The van der Waals surface area contributed by atoms with E-state index in [2.05, 4.69) is 10.6 Å². The van der Waals surface area contributed by atoms with Gasteiger partial charge in [-0.15, -0.1) is 0 Å². The molecule has 2 rings (SSSR count). The van der Waals surface area contributed by atoms with Crippen LogP contribution in [0.5, 0.6) is 0 Å². The lowest BCUT2D eigenvalue weighted by Gasteiger charge is -2.15. The van der Waals surface area contributed by atoms with Crippen LogP contribution < -0.4 is 10.6 Å². The third kappa shape index (κ3) is 3.61. The van der Waals surface area contributed by atoms with Crippen molar-refractivity contribution in [2.24, 2.45) is 0 Å². The molecule has 1 heterocycles. The topological polar surface area (TPSA) is 91.6 Å². The highest BCUT2D eigenvalue weighted by Crippen LogP contribution is 2.12. The Hall–Kier alpha value is -2.76. The summed E-state index contributed by atoms with van der Waals surface area (Å²) in [4.78, 5) is 22.9.